The molecule has 1 N–H and O–H groups in total. The Morgan fingerprint density at radius 1 is 1.00 bits per heavy atom. The average molecular weight is 482 g/mol. The molecule has 1 atom stereocenters. The number of amides is 1. The van der Waals surface area contributed by atoms with Gasteiger partial charge in [0.2, 0.25) is 11.2 Å². The van der Waals surface area contributed by atoms with E-state index in [9.17, 15) is 9.59 Å². The number of halogens is 2. The quantitative estimate of drug-likeness (QED) is 0.340. The van der Waals surface area contributed by atoms with Crippen LogP contribution >= 0.6 is 23.2 Å². The third-order valence-electron chi connectivity index (χ3n) is 5.23. The third kappa shape index (κ3) is 4.90. The predicted octanol–water partition coefficient (Wildman–Crippen LogP) is 6.79. The Labute approximate surface area is 200 Å². The van der Waals surface area contributed by atoms with Crippen molar-refractivity contribution >= 4 is 45.8 Å². The van der Waals surface area contributed by atoms with Crippen molar-refractivity contribution in [2.24, 2.45) is 0 Å². The highest BCUT2D eigenvalue weighted by Crippen LogP contribution is 2.32. The van der Waals surface area contributed by atoms with Gasteiger partial charge in [-0.15, -0.1) is 0 Å². The summed E-state index contributed by atoms with van der Waals surface area (Å²) in [6.07, 6.45) is -0.992. The second-order valence-corrected chi connectivity index (χ2v) is 8.65. The Kier molecular flexibility index (Phi) is 6.45. The predicted molar refractivity (Wildman–Crippen MR) is 133 cm³/mol. The smallest absolute Gasteiger partial charge is 0.265 e. The van der Waals surface area contributed by atoms with Gasteiger partial charge in [-0.25, -0.2) is 0 Å². The minimum absolute atomic E-state index is 0.0572. The van der Waals surface area contributed by atoms with E-state index in [1.807, 2.05) is 38.1 Å². The molecule has 1 heterocycles. The molecular formula is C26H21Cl2NO4. The molecule has 1 aromatic heterocycles. The highest BCUT2D eigenvalue weighted by atomic mass is 35.5. The fourth-order valence-corrected chi connectivity index (χ4v) is 3.65. The van der Waals surface area contributed by atoms with Crippen LogP contribution < -0.4 is 15.5 Å². The van der Waals surface area contributed by atoms with Gasteiger partial charge in [0.1, 0.15) is 5.58 Å². The lowest BCUT2D eigenvalue weighted by molar-refractivity contribution is -0.122. The minimum atomic E-state index is -0.992. The van der Waals surface area contributed by atoms with Crippen LogP contribution in [0.25, 0.3) is 22.3 Å². The van der Waals surface area contributed by atoms with Gasteiger partial charge in [0.05, 0.1) is 5.39 Å². The van der Waals surface area contributed by atoms with Gasteiger partial charge >= 0.3 is 0 Å². The summed E-state index contributed by atoms with van der Waals surface area (Å²) < 4.78 is 12.0. The van der Waals surface area contributed by atoms with Gasteiger partial charge in [-0.1, -0.05) is 59.1 Å². The van der Waals surface area contributed by atoms with Gasteiger partial charge in [0, 0.05) is 21.3 Å². The van der Waals surface area contributed by atoms with Crippen molar-refractivity contribution in [3.8, 4) is 17.1 Å². The molecule has 1 unspecified atom stereocenters. The lowest BCUT2D eigenvalue weighted by Crippen LogP contribution is -2.31. The molecule has 0 aliphatic rings. The largest absolute Gasteiger partial charge is 0.473 e. The second kappa shape index (κ2) is 9.30. The van der Waals surface area contributed by atoms with Gasteiger partial charge in [0.25, 0.3) is 5.91 Å². The summed E-state index contributed by atoms with van der Waals surface area (Å²) in [6.45, 7) is 5.40. The highest BCUT2D eigenvalue weighted by Gasteiger charge is 2.23. The molecule has 0 bridgehead atoms. The first-order chi connectivity index (χ1) is 15.7. The molecule has 0 fully saturated rings. The molecule has 3 aromatic carbocycles. The molecular weight excluding hydrogens is 461 g/mol. The van der Waals surface area contributed by atoms with Crippen molar-refractivity contribution in [1.29, 1.82) is 0 Å². The summed E-state index contributed by atoms with van der Waals surface area (Å²) in [5, 5.41) is 3.96. The first-order valence-corrected chi connectivity index (χ1v) is 11.1. The number of nitrogens with one attached hydrogen (secondary N) is 1. The molecule has 4 aromatic rings. The van der Waals surface area contributed by atoms with E-state index in [1.54, 1.807) is 37.3 Å². The molecule has 0 radical (unpaired) electrons. The van der Waals surface area contributed by atoms with E-state index in [0.29, 0.717) is 26.9 Å². The average Bonchev–Trinajstić information content (AvgIpc) is 2.79. The van der Waals surface area contributed by atoms with Crippen molar-refractivity contribution in [1.82, 2.24) is 0 Å². The number of aryl methyl sites for hydroxylation is 2. The summed E-state index contributed by atoms with van der Waals surface area (Å²) in [6, 6.07) is 17.5. The maximum atomic E-state index is 13.3. The van der Waals surface area contributed by atoms with Crippen molar-refractivity contribution < 1.29 is 13.9 Å². The van der Waals surface area contributed by atoms with Crippen LogP contribution in [0.4, 0.5) is 5.69 Å². The summed E-state index contributed by atoms with van der Waals surface area (Å²) in [7, 11) is 0. The maximum Gasteiger partial charge on any atom is 0.265 e. The fourth-order valence-electron chi connectivity index (χ4n) is 3.30. The van der Waals surface area contributed by atoms with Crippen molar-refractivity contribution in [3.63, 3.8) is 0 Å². The molecule has 33 heavy (non-hydrogen) atoms. The summed E-state index contributed by atoms with van der Waals surface area (Å²) >= 11 is 12.2. The van der Waals surface area contributed by atoms with E-state index in [1.165, 1.54) is 6.07 Å². The standard InChI is InChI=1S/C26H21Cl2NO4/c1-14-4-7-17(8-5-14)24-25(23(30)20-12-18(27)9-11-22(20)33-24)32-16(3)26(31)29-19-10-6-15(2)21(28)13-19/h4-13,16H,1-3H3,(H,29,31). The monoisotopic (exact) mass is 481 g/mol. The molecule has 0 aliphatic heterocycles. The van der Waals surface area contributed by atoms with Crippen molar-refractivity contribution in [2.75, 3.05) is 5.32 Å². The van der Waals surface area contributed by atoms with Gasteiger partial charge in [0.15, 0.2) is 11.9 Å². The van der Waals surface area contributed by atoms with Crippen LogP contribution in [0.5, 0.6) is 5.75 Å². The van der Waals surface area contributed by atoms with Crippen LogP contribution in [0.2, 0.25) is 10.0 Å². The van der Waals surface area contributed by atoms with Crippen LogP contribution in [-0.2, 0) is 4.79 Å². The lowest BCUT2D eigenvalue weighted by Gasteiger charge is -2.17. The topological polar surface area (TPSA) is 68.5 Å². The Balaban J connectivity index is 1.73. The van der Waals surface area contributed by atoms with E-state index < -0.39 is 17.4 Å². The number of benzene rings is 3. The third-order valence-corrected chi connectivity index (χ3v) is 5.87. The SMILES string of the molecule is Cc1ccc(-c2oc3ccc(Cl)cc3c(=O)c2OC(C)C(=O)Nc2ccc(C)c(Cl)c2)cc1. The maximum absolute atomic E-state index is 13.3. The van der Waals surface area contributed by atoms with Crippen LogP contribution in [-0.4, -0.2) is 12.0 Å². The number of fused-ring (bicyclic) bond motifs is 1. The van der Waals surface area contributed by atoms with E-state index in [2.05, 4.69) is 5.32 Å². The zero-order valence-electron chi connectivity index (χ0n) is 18.2. The second-order valence-electron chi connectivity index (χ2n) is 7.81. The van der Waals surface area contributed by atoms with Crippen LogP contribution in [0.1, 0.15) is 18.1 Å². The molecule has 1 amide bonds. The van der Waals surface area contributed by atoms with Crippen molar-refractivity contribution in [3.05, 3.63) is 92.1 Å². The van der Waals surface area contributed by atoms with Gasteiger partial charge < -0.3 is 14.5 Å². The van der Waals surface area contributed by atoms with E-state index in [0.717, 1.165) is 11.1 Å². The van der Waals surface area contributed by atoms with Gasteiger partial charge in [-0.3, -0.25) is 9.59 Å². The van der Waals surface area contributed by atoms with Crippen molar-refractivity contribution in [2.45, 2.75) is 26.9 Å². The normalized spacial score (nSPS) is 11.9. The zero-order chi connectivity index (χ0) is 23.7. The number of rotatable bonds is 5. The summed E-state index contributed by atoms with van der Waals surface area (Å²) in [5.74, 6) is -0.249. The highest BCUT2D eigenvalue weighted by molar-refractivity contribution is 6.31. The Bertz CT molecular complexity index is 1410. The molecule has 0 spiro atoms. The molecule has 7 heteroatoms. The zero-order valence-corrected chi connectivity index (χ0v) is 19.8. The Morgan fingerprint density at radius 3 is 2.42 bits per heavy atom. The Hall–Kier alpha value is -3.28. The minimum Gasteiger partial charge on any atom is -0.473 e. The first-order valence-electron chi connectivity index (χ1n) is 10.3. The molecule has 168 valence electrons. The number of hydrogen-bond donors (Lipinski definition) is 1. The van der Waals surface area contributed by atoms with Crippen LogP contribution in [0.15, 0.2) is 69.9 Å². The van der Waals surface area contributed by atoms with E-state index in [4.69, 9.17) is 32.4 Å². The Morgan fingerprint density at radius 2 is 1.73 bits per heavy atom. The summed E-state index contributed by atoms with van der Waals surface area (Å²) in [5.41, 5.74) is 3.10. The van der Waals surface area contributed by atoms with Crippen LogP contribution in [0, 0.1) is 13.8 Å². The number of anilines is 1. The number of carbonyl (C=O) groups is 1. The van der Waals surface area contributed by atoms with Crippen LogP contribution in [0.3, 0.4) is 0 Å². The molecule has 0 saturated heterocycles. The molecule has 5 nitrogen and oxygen atoms in total. The molecule has 0 saturated carbocycles. The molecule has 4 rings (SSSR count). The van der Waals surface area contributed by atoms with E-state index in [-0.39, 0.29) is 16.9 Å². The van der Waals surface area contributed by atoms with E-state index >= 15 is 0 Å². The van der Waals surface area contributed by atoms with Gasteiger partial charge in [-0.2, -0.15) is 0 Å². The summed E-state index contributed by atoms with van der Waals surface area (Å²) in [4.78, 5) is 26.1. The number of hydrogen-bond acceptors (Lipinski definition) is 4. The fraction of sp³-hybridized carbons (Fsp3) is 0.154. The molecule has 0 aliphatic carbocycles. The van der Waals surface area contributed by atoms with Gasteiger partial charge in [-0.05, 0) is 56.7 Å². The first kappa shape index (κ1) is 22.9. The number of carbonyl (C=O) groups excluding carboxylic acids is 1. The number of ether oxygens (including phenoxy) is 1. The lowest BCUT2D eigenvalue weighted by atomic mass is 10.1.